The van der Waals surface area contributed by atoms with E-state index >= 15 is 0 Å². The van der Waals surface area contributed by atoms with Gasteiger partial charge in [-0.15, -0.1) is 0 Å². The van der Waals surface area contributed by atoms with E-state index in [1.807, 2.05) is 0 Å². The lowest BCUT2D eigenvalue weighted by molar-refractivity contribution is -0.118. The number of isothiocyanates is 1. The van der Waals surface area contributed by atoms with Crippen LogP contribution < -0.4 is 0 Å². The first-order chi connectivity index (χ1) is 3.56. The van der Waals surface area contributed by atoms with E-state index in [1.54, 1.807) is 5.16 Å². The molecular weight excluding hydrogens is 139 g/mol. The molecule has 0 radical (unpaired) electrons. The molecule has 0 unspecified atom stereocenters. The molecule has 0 rings (SSSR count). The number of halogens is 3. The number of hydrogen-bond acceptors (Lipinski definition) is 2. The molecule has 0 aromatic heterocycles. The third-order valence-corrected chi connectivity index (χ3v) is 0.452. The van der Waals surface area contributed by atoms with Crippen LogP contribution in [0.15, 0.2) is 4.99 Å². The Bertz CT molecular complexity index is 112. The van der Waals surface area contributed by atoms with E-state index in [2.05, 4.69) is 17.2 Å². The van der Waals surface area contributed by atoms with Crippen LogP contribution in [0.3, 0.4) is 0 Å². The van der Waals surface area contributed by atoms with Crippen LogP contribution in [0, 0.1) is 0 Å². The summed E-state index contributed by atoms with van der Waals surface area (Å²) >= 11 is 3.90. The van der Waals surface area contributed by atoms with Gasteiger partial charge >= 0.3 is 6.18 Å². The summed E-state index contributed by atoms with van der Waals surface area (Å²) in [7, 11) is 0. The second-order valence-corrected chi connectivity index (χ2v) is 1.21. The maximum Gasteiger partial charge on any atom is 0.408 e. The minimum atomic E-state index is -4.24. The number of alkyl halides is 3. The SMILES string of the molecule is FC(F)(F)CN=C=S. The maximum absolute atomic E-state index is 11.1. The Morgan fingerprint density at radius 2 is 2.00 bits per heavy atom. The molecule has 0 saturated carbocycles. The van der Waals surface area contributed by atoms with Crippen molar-refractivity contribution in [2.24, 2.45) is 4.99 Å². The number of hydrogen-bond donors (Lipinski definition) is 0. The van der Waals surface area contributed by atoms with Crippen LogP contribution in [0.5, 0.6) is 0 Å². The van der Waals surface area contributed by atoms with Crippen LogP contribution in [-0.4, -0.2) is 17.9 Å². The highest BCUT2D eigenvalue weighted by Gasteiger charge is 2.25. The Morgan fingerprint density at radius 1 is 1.50 bits per heavy atom. The predicted molar refractivity (Wildman–Crippen MR) is 25.9 cm³/mol. The summed E-state index contributed by atoms with van der Waals surface area (Å²) in [6.07, 6.45) is -4.24. The van der Waals surface area contributed by atoms with Crippen molar-refractivity contribution in [1.29, 1.82) is 0 Å². The molecule has 0 aromatic carbocycles. The van der Waals surface area contributed by atoms with Crippen molar-refractivity contribution in [2.75, 3.05) is 6.54 Å². The second kappa shape index (κ2) is 2.79. The first kappa shape index (κ1) is 7.59. The Balaban J connectivity index is 3.55. The van der Waals surface area contributed by atoms with Gasteiger partial charge in [-0.1, -0.05) is 0 Å². The standard InChI is InChI=1S/C3H2F3NS/c4-3(5,6)1-7-2-8/h1H2. The van der Waals surface area contributed by atoms with E-state index in [0.717, 1.165) is 0 Å². The molecular formula is C3H2F3NS. The summed E-state index contributed by atoms with van der Waals surface area (Å²) in [5, 5.41) is 1.61. The zero-order chi connectivity index (χ0) is 6.62. The average molecular weight is 141 g/mol. The van der Waals surface area contributed by atoms with Crippen LogP contribution in [0.1, 0.15) is 0 Å². The molecule has 8 heavy (non-hydrogen) atoms. The summed E-state index contributed by atoms with van der Waals surface area (Å²) in [6, 6.07) is 0. The highest BCUT2D eigenvalue weighted by Crippen LogP contribution is 2.13. The van der Waals surface area contributed by atoms with Gasteiger partial charge in [0.15, 0.2) is 0 Å². The van der Waals surface area contributed by atoms with Crippen LogP contribution >= 0.6 is 12.2 Å². The Morgan fingerprint density at radius 3 is 2.12 bits per heavy atom. The van der Waals surface area contributed by atoms with E-state index in [9.17, 15) is 13.2 Å². The van der Waals surface area contributed by atoms with Gasteiger partial charge in [0.1, 0.15) is 6.54 Å². The second-order valence-electron chi connectivity index (χ2n) is 1.02. The van der Waals surface area contributed by atoms with E-state index in [4.69, 9.17) is 0 Å². The molecule has 0 aliphatic carbocycles. The molecule has 0 saturated heterocycles. The van der Waals surface area contributed by atoms with E-state index in [1.165, 1.54) is 0 Å². The number of thiocarbonyl (C=S) groups is 1. The smallest absolute Gasteiger partial charge is 0.223 e. The monoisotopic (exact) mass is 141 g/mol. The highest BCUT2D eigenvalue weighted by atomic mass is 32.1. The quantitative estimate of drug-likeness (QED) is 0.399. The van der Waals surface area contributed by atoms with E-state index in [0.29, 0.717) is 0 Å². The first-order valence-electron chi connectivity index (χ1n) is 1.66. The van der Waals surface area contributed by atoms with Gasteiger partial charge in [0.25, 0.3) is 0 Å². The van der Waals surface area contributed by atoms with Gasteiger partial charge in [-0.25, -0.2) is 4.99 Å². The minimum Gasteiger partial charge on any atom is -0.223 e. The van der Waals surface area contributed by atoms with Crippen molar-refractivity contribution in [1.82, 2.24) is 0 Å². The fourth-order valence-corrected chi connectivity index (χ4v) is 0.186. The minimum absolute atomic E-state index is 1.23. The highest BCUT2D eigenvalue weighted by molar-refractivity contribution is 7.78. The van der Waals surface area contributed by atoms with Crippen molar-refractivity contribution in [2.45, 2.75) is 6.18 Å². The van der Waals surface area contributed by atoms with Gasteiger partial charge in [-0.05, 0) is 12.2 Å². The van der Waals surface area contributed by atoms with Crippen molar-refractivity contribution >= 4 is 17.4 Å². The maximum atomic E-state index is 11.1. The van der Waals surface area contributed by atoms with Crippen molar-refractivity contribution in [3.8, 4) is 0 Å². The van der Waals surface area contributed by atoms with Gasteiger partial charge in [-0.2, -0.15) is 13.2 Å². The van der Waals surface area contributed by atoms with Crippen LogP contribution in [0.4, 0.5) is 13.2 Å². The van der Waals surface area contributed by atoms with Crippen LogP contribution in [0.25, 0.3) is 0 Å². The van der Waals surface area contributed by atoms with Gasteiger partial charge in [0.05, 0.1) is 5.16 Å². The Hall–Kier alpha value is -0.410. The van der Waals surface area contributed by atoms with Gasteiger partial charge < -0.3 is 0 Å². The third kappa shape index (κ3) is 5.59. The summed E-state index contributed by atoms with van der Waals surface area (Å²) in [4.78, 5) is 2.68. The molecule has 0 N–H and O–H groups in total. The fraction of sp³-hybridized carbons (Fsp3) is 0.667. The molecule has 1 nitrogen and oxygen atoms in total. The van der Waals surface area contributed by atoms with Crippen molar-refractivity contribution in [3.63, 3.8) is 0 Å². The lowest BCUT2D eigenvalue weighted by atomic mass is 10.7. The summed E-state index contributed by atoms with van der Waals surface area (Å²) in [6.45, 7) is -1.23. The number of nitrogens with zero attached hydrogens (tertiary/aromatic N) is 1. The molecule has 0 aliphatic heterocycles. The molecule has 0 aliphatic rings. The fourth-order valence-electron chi connectivity index (χ4n) is 0.122. The largest absolute Gasteiger partial charge is 0.408 e. The molecule has 0 heterocycles. The molecule has 0 spiro atoms. The van der Waals surface area contributed by atoms with E-state index in [-0.39, 0.29) is 0 Å². The molecule has 0 fully saturated rings. The lowest BCUT2D eigenvalue weighted by Crippen LogP contribution is -2.11. The predicted octanol–water partition coefficient (Wildman–Crippen LogP) is 1.65. The molecule has 0 bridgehead atoms. The summed E-state index contributed by atoms with van der Waals surface area (Å²) < 4.78 is 33.2. The zero-order valence-corrected chi connectivity index (χ0v) is 4.51. The summed E-state index contributed by atoms with van der Waals surface area (Å²) in [5.41, 5.74) is 0. The van der Waals surface area contributed by atoms with Crippen molar-refractivity contribution in [3.05, 3.63) is 0 Å². The van der Waals surface area contributed by atoms with Gasteiger partial charge in [0.2, 0.25) is 0 Å². The molecule has 0 aromatic rings. The topological polar surface area (TPSA) is 12.4 Å². The Labute approximate surface area is 49.2 Å². The van der Waals surface area contributed by atoms with Crippen LogP contribution in [-0.2, 0) is 0 Å². The molecule has 0 amide bonds. The lowest BCUT2D eigenvalue weighted by Gasteiger charge is -1.96. The molecule has 5 heteroatoms. The normalized spacial score (nSPS) is 10.4. The third-order valence-electron chi connectivity index (χ3n) is 0.323. The summed E-state index contributed by atoms with van der Waals surface area (Å²) in [5.74, 6) is 0. The van der Waals surface area contributed by atoms with Gasteiger partial charge in [0, 0.05) is 0 Å². The van der Waals surface area contributed by atoms with E-state index < -0.39 is 12.7 Å². The number of rotatable bonds is 1. The molecule has 0 atom stereocenters. The van der Waals surface area contributed by atoms with Crippen LogP contribution in [0.2, 0.25) is 0 Å². The molecule has 46 valence electrons. The van der Waals surface area contributed by atoms with Crippen molar-refractivity contribution < 1.29 is 13.2 Å². The Kier molecular flexibility index (Phi) is 2.65. The van der Waals surface area contributed by atoms with Gasteiger partial charge in [-0.3, -0.25) is 0 Å². The zero-order valence-electron chi connectivity index (χ0n) is 3.70. The average Bonchev–Trinajstić information content (AvgIpc) is 1.59. The first-order valence-corrected chi connectivity index (χ1v) is 2.07. The number of aliphatic imine (C=N–C) groups is 1.